The minimum atomic E-state index is -1.18. The van der Waals surface area contributed by atoms with Crippen LogP contribution in [0.3, 0.4) is 0 Å². The molecule has 0 amide bonds. The predicted molar refractivity (Wildman–Crippen MR) is 131 cm³/mol. The zero-order valence-electron chi connectivity index (χ0n) is 19.1. The number of hydrogen-bond acceptors (Lipinski definition) is 8. The molecular weight excluding hydrogens is 492 g/mol. The fourth-order valence-corrected chi connectivity index (χ4v) is 4.56. The van der Waals surface area contributed by atoms with E-state index < -0.39 is 23.5 Å². The van der Waals surface area contributed by atoms with Gasteiger partial charge in [-0.3, -0.25) is 18.7 Å². The number of hydrogen-bond donors (Lipinski definition) is 4. The topological polar surface area (TPSA) is 218 Å². The van der Waals surface area contributed by atoms with Gasteiger partial charge in [0.15, 0.2) is 0 Å². The molecule has 38 heavy (non-hydrogen) atoms. The lowest BCUT2D eigenvalue weighted by atomic mass is 9.89. The summed E-state index contributed by atoms with van der Waals surface area (Å²) in [6, 6.07) is 14.2. The maximum absolute atomic E-state index is 13.9. The van der Waals surface area contributed by atoms with Crippen LogP contribution in [0.1, 0.15) is 63.9 Å². The van der Waals surface area contributed by atoms with Gasteiger partial charge in [-0.05, 0) is 48.5 Å². The first-order chi connectivity index (χ1) is 18.1. The Morgan fingerprint density at radius 3 is 1.24 bits per heavy atom. The first kappa shape index (κ1) is 23.6. The molecule has 5 rings (SSSR count). The third-order valence-corrected chi connectivity index (χ3v) is 6.27. The highest BCUT2D eigenvalue weighted by Crippen LogP contribution is 2.41. The highest BCUT2D eigenvalue weighted by Gasteiger charge is 2.43. The van der Waals surface area contributed by atoms with E-state index in [0.717, 1.165) is 0 Å². The van der Waals surface area contributed by atoms with E-state index in [9.17, 15) is 39.9 Å². The van der Waals surface area contributed by atoms with Crippen molar-refractivity contribution in [3.8, 4) is 23.5 Å². The van der Waals surface area contributed by atoms with E-state index in [1.807, 2.05) is 12.1 Å². The van der Waals surface area contributed by atoms with E-state index in [4.69, 9.17) is 11.5 Å². The number of carboxylic acid groups (broad SMARTS) is 2. The van der Waals surface area contributed by atoms with E-state index in [-0.39, 0.29) is 67.8 Å². The first-order valence-corrected chi connectivity index (χ1v) is 10.8. The average molecular weight is 506 g/mol. The molecule has 0 atom stereocenters. The van der Waals surface area contributed by atoms with Gasteiger partial charge in [0.1, 0.15) is 46.3 Å². The Balaban J connectivity index is 1.80. The number of carbonyl (C=O) groups excluding carboxylic acids is 2. The van der Waals surface area contributed by atoms with Gasteiger partial charge in [-0.1, -0.05) is 0 Å². The Labute approximate surface area is 212 Å². The quantitative estimate of drug-likeness (QED) is 0.279. The van der Waals surface area contributed by atoms with Crippen LogP contribution in [0.2, 0.25) is 0 Å². The Hall–Kier alpha value is -6.14. The van der Waals surface area contributed by atoms with Crippen molar-refractivity contribution in [2.45, 2.75) is 0 Å². The van der Waals surface area contributed by atoms with Gasteiger partial charge in [-0.2, -0.15) is 10.5 Å². The van der Waals surface area contributed by atoms with Gasteiger partial charge in [0.25, 0.3) is 0 Å². The van der Waals surface area contributed by atoms with Gasteiger partial charge >= 0.3 is 11.9 Å². The van der Waals surface area contributed by atoms with Crippen molar-refractivity contribution < 1.29 is 29.4 Å². The molecule has 1 aliphatic rings. The number of nitrogens with zero attached hydrogens (tertiary/aromatic N) is 4. The molecule has 0 unspecified atom stereocenters. The summed E-state index contributed by atoms with van der Waals surface area (Å²) in [5, 5.41) is 38.1. The molecular formula is C26H14N6O6. The lowest BCUT2D eigenvalue weighted by Gasteiger charge is -2.18. The molecule has 2 aromatic heterocycles. The van der Waals surface area contributed by atoms with Crippen LogP contribution >= 0.6 is 0 Å². The number of benzene rings is 2. The molecule has 0 aliphatic heterocycles. The number of nitriles is 2. The van der Waals surface area contributed by atoms with Gasteiger partial charge in [-0.15, -0.1) is 0 Å². The maximum atomic E-state index is 13.9. The molecule has 12 nitrogen and oxygen atoms in total. The average Bonchev–Trinajstić information content (AvgIpc) is 3.38. The second-order valence-electron chi connectivity index (χ2n) is 8.22. The number of nitrogens with two attached hydrogens (primary N) is 2. The van der Waals surface area contributed by atoms with Gasteiger partial charge in [0.05, 0.1) is 22.3 Å². The van der Waals surface area contributed by atoms with Crippen LogP contribution in [-0.4, -0.2) is 42.9 Å². The van der Waals surface area contributed by atoms with Crippen molar-refractivity contribution >= 4 is 35.1 Å². The van der Waals surface area contributed by atoms with Crippen molar-refractivity contribution in [3.63, 3.8) is 0 Å². The Morgan fingerprint density at radius 2 is 0.974 bits per heavy atom. The minimum Gasteiger partial charge on any atom is -0.478 e. The Morgan fingerprint density at radius 1 is 0.658 bits per heavy atom. The summed E-state index contributed by atoms with van der Waals surface area (Å²) in [5.41, 5.74) is 11.1. The first-order valence-electron chi connectivity index (χ1n) is 10.8. The van der Waals surface area contributed by atoms with Gasteiger partial charge in [-0.25, -0.2) is 9.59 Å². The number of anilines is 2. The third kappa shape index (κ3) is 3.08. The number of rotatable bonds is 4. The smallest absolute Gasteiger partial charge is 0.335 e. The molecule has 2 heterocycles. The largest absolute Gasteiger partial charge is 0.478 e. The van der Waals surface area contributed by atoms with Crippen molar-refractivity contribution in [3.05, 3.63) is 93.3 Å². The number of fused-ring (bicyclic) bond motifs is 2. The fourth-order valence-electron chi connectivity index (χ4n) is 4.56. The van der Waals surface area contributed by atoms with Crippen LogP contribution in [0.4, 0.5) is 11.6 Å². The second kappa shape index (κ2) is 8.22. The molecule has 0 radical (unpaired) electrons. The highest BCUT2D eigenvalue weighted by molar-refractivity contribution is 6.30. The van der Waals surface area contributed by atoms with Crippen LogP contribution in [0.25, 0.3) is 11.4 Å². The zero-order valence-corrected chi connectivity index (χ0v) is 19.1. The van der Waals surface area contributed by atoms with Crippen LogP contribution in [0.5, 0.6) is 0 Å². The van der Waals surface area contributed by atoms with E-state index in [0.29, 0.717) is 0 Å². The van der Waals surface area contributed by atoms with E-state index in [2.05, 4.69) is 0 Å². The number of ketones is 2. The molecule has 0 saturated carbocycles. The van der Waals surface area contributed by atoms with Crippen LogP contribution in [0, 0.1) is 22.7 Å². The van der Waals surface area contributed by atoms with Gasteiger partial charge in [0, 0.05) is 11.4 Å². The molecule has 0 saturated heterocycles. The lowest BCUT2D eigenvalue weighted by Crippen LogP contribution is -2.25. The summed E-state index contributed by atoms with van der Waals surface area (Å²) in [6.45, 7) is 0. The van der Waals surface area contributed by atoms with E-state index >= 15 is 0 Å². The van der Waals surface area contributed by atoms with Crippen molar-refractivity contribution in [2.24, 2.45) is 0 Å². The highest BCUT2D eigenvalue weighted by atomic mass is 16.4. The Bertz CT molecular complexity index is 1690. The van der Waals surface area contributed by atoms with E-state index in [1.165, 1.54) is 57.7 Å². The van der Waals surface area contributed by atoms with Crippen LogP contribution in [0.15, 0.2) is 48.5 Å². The number of carbonyl (C=O) groups is 4. The molecule has 6 N–H and O–H groups in total. The van der Waals surface area contributed by atoms with Crippen LogP contribution < -0.4 is 11.5 Å². The zero-order chi connectivity index (χ0) is 27.5. The number of aromatic carboxylic acids is 2. The summed E-state index contributed by atoms with van der Waals surface area (Å²) >= 11 is 0. The minimum absolute atomic E-state index is 0.0379. The van der Waals surface area contributed by atoms with Crippen molar-refractivity contribution in [1.82, 2.24) is 9.13 Å². The van der Waals surface area contributed by atoms with Gasteiger partial charge < -0.3 is 21.7 Å². The third-order valence-electron chi connectivity index (χ3n) is 6.27. The Kier molecular flexibility index (Phi) is 5.10. The molecule has 2 aromatic carbocycles. The van der Waals surface area contributed by atoms with Crippen molar-refractivity contribution in [2.75, 3.05) is 11.5 Å². The number of nitrogen functional groups attached to an aromatic ring is 2. The normalized spacial score (nSPS) is 11.8. The molecule has 0 bridgehead atoms. The van der Waals surface area contributed by atoms with Crippen molar-refractivity contribution in [1.29, 1.82) is 10.5 Å². The molecule has 12 heteroatoms. The summed E-state index contributed by atoms with van der Waals surface area (Å²) in [7, 11) is 0. The number of carboxylic acids is 2. The summed E-state index contributed by atoms with van der Waals surface area (Å²) in [4.78, 5) is 50.3. The van der Waals surface area contributed by atoms with Gasteiger partial charge in [0.2, 0.25) is 11.6 Å². The molecule has 4 aromatic rings. The summed E-state index contributed by atoms with van der Waals surface area (Å²) in [5.74, 6) is -4.41. The van der Waals surface area contributed by atoms with E-state index in [1.54, 1.807) is 0 Å². The molecule has 184 valence electrons. The SMILES string of the molecule is N#Cc1c2c(n(-c3ccc(C(=O)O)cc3)c1N)C(=O)c1c(C#N)c(N)n(-c3ccc(C(=O)O)cc3)c1C2=O. The molecule has 0 spiro atoms. The number of aromatic nitrogens is 2. The summed E-state index contributed by atoms with van der Waals surface area (Å²) in [6.07, 6.45) is 0. The maximum Gasteiger partial charge on any atom is 0.335 e. The monoisotopic (exact) mass is 506 g/mol. The lowest BCUT2D eigenvalue weighted by molar-refractivity contribution is 0.0686. The predicted octanol–water partition coefficient (Wildman–Crippen LogP) is 2.35. The molecule has 0 fully saturated rings. The fraction of sp³-hybridized carbons (Fsp3) is 0. The standard InChI is InChI=1S/C26H14N6O6/c27-9-15-17-19(31(23(15)29)13-5-1-11(2-6-13)25(35)36)21(33)18-16(10-28)24(30)32(20(18)22(17)34)14-7-3-12(4-8-14)26(37)38/h1-8H,29-30H2,(H,35,36)(H,37,38). The molecule has 1 aliphatic carbocycles. The van der Waals surface area contributed by atoms with Crippen LogP contribution in [-0.2, 0) is 0 Å². The second-order valence-corrected chi connectivity index (χ2v) is 8.22. The summed E-state index contributed by atoms with van der Waals surface area (Å²) < 4.78 is 2.33.